The van der Waals surface area contributed by atoms with Gasteiger partial charge in [0, 0.05) is 30.8 Å². The predicted molar refractivity (Wildman–Crippen MR) is 121 cm³/mol. The number of fused-ring (bicyclic) bond motifs is 1. The Kier molecular flexibility index (Phi) is 5.88. The van der Waals surface area contributed by atoms with E-state index in [1.165, 1.54) is 26.5 Å². The number of methoxy groups -OCH3 is 2. The topological polar surface area (TPSA) is 108 Å². The summed E-state index contributed by atoms with van der Waals surface area (Å²) < 4.78 is 12.2. The third-order valence-corrected chi connectivity index (χ3v) is 5.50. The molecule has 0 bridgehead atoms. The molecule has 0 aromatic carbocycles. The van der Waals surface area contributed by atoms with Crippen molar-refractivity contribution in [3.05, 3.63) is 47.3 Å². The fourth-order valence-electron chi connectivity index (χ4n) is 3.67. The van der Waals surface area contributed by atoms with E-state index in [1.807, 2.05) is 0 Å². The number of rotatable bonds is 4. The maximum Gasteiger partial charge on any atom is 0.246 e. The van der Waals surface area contributed by atoms with E-state index >= 15 is 0 Å². The summed E-state index contributed by atoms with van der Waals surface area (Å²) in [4.78, 5) is 22.1. The zero-order valence-corrected chi connectivity index (χ0v) is 18.4. The van der Waals surface area contributed by atoms with E-state index in [2.05, 4.69) is 28.4 Å². The Morgan fingerprint density at radius 1 is 1.31 bits per heavy atom. The van der Waals surface area contributed by atoms with Crippen molar-refractivity contribution in [1.29, 1.82) is 0 Å². The summed E-state index contributed by atoms with van der Waals surface area (Å²) >= 11 is 6.48. The molecule has 4 heterocycles. The molecule has 2 N–H and O–H groups in total. The summed E-state index contributed by atoms with van der Waals surface area (Å²) in [5.74, 6) is 7.05. The van der Waals surface area contributed by atoms with Crippen LogP contribution in [-0.4, -0.2) is 57.9 Å². The lowest BCUT2D eigenvalue weighted by Gasteiger charge is -2.15. The lowest BCUT2D eigenvalue weighted by molar-refractivity contribution is -0.125. The van der Waals surface area contributed by atoms with E-state index in [1.54, 1.807) is 21.7 Å². The zero-order chi connectivity index (χ0) is 22.8. The standard InChI is InChI=1S/C22H21ClN6O3/c1-4-19(30)28-8-7-14(12-28)29-21-15(23)11-25-22(24)20(21)16(27-29)6-5-13-9-17(31-2)26-18(10-13)32-3/h4,9-11,14H,1,7-8,12H2,2-3H3,(H2,24,25)/t14-/m0/s1. The van der Waals surface area contributed by atoms with Gasteiger partial charge in [-0.05, 0) is 18.4 Å². The highest BCUT2D eigenvalue weighted by atomic mass is 35.5. The lowest BCUT2D eigenvalue weighted by atomic mass is 10.2. The van der Waals surface area contributed by atoms with Crippen LogP contribution in [0.4, 0.5) is 5.82 Å². The second-order valence-corrected chi connectivity index (χ2v) is 7.54. The summed E-state index contributed by atoms with van der Waals surface area (Å²) in [5.41, 5.74) is 7.89. The van der Waals surface area contributed by atoms with Crippen molar-refractivity contribution in [1.82, 2.24) is 24.6 Å². The number of ether oxygens (including phenoxy) is 2. The largest absolute Gasteiger partial charge is 0.481 e. The number of nitrogens with two attached hydrogens (primary N) is 1. The first-order chi connectivity index (χ1) is 15.4. The molecule has 1 saturated heterocycles. The highest BCUT2D eigenvalue weighted by Crippen LogP contribution is 2.34. The molecular weight excluding hydrogens is 432 g/mol. The molecule has 32 heavy (non-hydrogen) atoms. The fourth-order valence-corrected chi connectivity index (χ4v) is 3.90. The first-order valence-corrected chi connectivity index (χ1v) is 10.2. The molecule has 164 valence electrons. The van der Waals surface area contributed by atoms with Crippen molar-refractivity contribution in [2.75, 3.05) is 33.0 Å². The average Bonchev–Trinajstić information content (AvgIpc) is 3.45. The minimum absolute atomic E-state index is 0.0719. The number of hydrogen-bond donors (Lipinski definition) is 1. The van der Waals surface area contributed by atoms with Crippen LogP contribution in [0.5, 0.6) is 11.8 Å². The lowest BCUT2D eigenvalue weighted by Crippen LogP contribution is -2.27. The number of carbonyl (C=O) groups is 1. The van der Waals surface area contributed by atoms with Crippen molar-refractivity contribution < 1.29 is 14.3 Å². The molecule has 4 rings (SSSR count). The molecule has 1 fully saturated rings. The molecule has 1 aliphatic heterocycles. The fraction of sp³-hybridized carbons (Fsp3) is 0.273. The van der Waals surface area contributed by atoms with Crippen LogP contribution in [0.1, 0.15) is 23.7 Å². The van der Waals surface area contributed by atoms with E-state index < -0.39 is 0 Å². The molecule has 1 amide bonds. The Morgan fingerprint density at radius 2 is 2.03 bits per heavy atom. The summed E-state index contributed by atoms with van der Waals surface area (Å²) in [6.07, 6.45) is 3.53. The molecule has 3 aromatic rings. The van der Waals surface area contributed by atoms with Crippen LogP contribution in [-0.2, 0) is 4.79 Å². The van der Waals surface area contributed by atoms with Crippen LogP contribution < -0.4 is 15.2 Å². The van der Waals surface area contributed by atoms with Crippen molar-refractivity contribution in [2.45, 2.75) is 12.5 Å². The van der Waals surface area contributed by atoms with Gasteiger partial charge in [-0.25, -0.2) is 4.98 Å². The Labute approximate surface area is 189 Å². The maximum absolute atomic E-state index is 12.0. The van der Waals surface area contributed by atoms with E-state index in [0.717, 1.165) is 6.42 Å². The first kappa shape index (κ1) is 21.5. The number of aromatic nitrogens is 4. The highest BCUT2D eigenvalue weighted by molar-refractivity contribution is 6.35. The SMILES string of the molecule is C=CC(=O)N1CC[C@H](n2nc(C#Cc3cc(OC)nc(OC)c3)c3c(N)ncc(Cl)c32)C1. The van der Waals surface area contributed by atoms with Crippen molar-refractivity contribution in [3.63, 3.8) is 0 Å². The summed E-state index contributed by atoms with van der Waals surface area (Å²) in [6, 6.07) is 3.32. The Balaban J connectivity index is 1.80. The molecule has 0 saturated carbocycles. The van der Waals surface area contributed by atoms with Gasteiger partial charge in [-0.1, -0.05) is 24.1 Å². The molecule has 3 aromatic heterocycles. The van der Waals surface area contributed by atoms with Gasteiger partial charge in [0.05, 0.1) is 42.4 Å². The summed E-state index contributed by atoms with van der Waals surface area (Å²) in [7, 11) is 3.04. The van der Waals surface area contributed by atoms with Gasteiger partial charge < -0.3 is 20.1 Å². The quantitative estimate of drug-likeness (QED) is 0.478. The third kappa shape index (κ3) is 3.92. The second kappa shape index (κ2) is 8.77. The number of halogens is 1. The molecule has 1 atom stereocenters. The molecule has 1 aliphatic rings. The third-order valence-electron chi connectivity index (χ3n) is 5.23. The minimum Gasteiger partial charge on any atom is -0.481 e. The minimum atomic E-state index is -0.114. The van der Waals surface area contributed by atoms with Crippen LogP contribution in [0.15, 0.2) is 31.0 Å². The second-order valence-electron chi connectivity index (χ2n) is 7.13. The van der Waals surface area contributed by atoms with E-state index in [-0.39, 0.29) is 17.8 Å². The number of nitrogens with zero attached hydrogens (tertiary/aromatic N) is 5. The monoisotopic (exact) mass is 452 g/mol. The Hall–Kier alpha value is -3.77. The van der Waals surface area contributed by atoms with Crippen LogP contribution in [0.3, 0.4) is 0 Å². The van der Waals surface area contributed by atoms with Gasteiger partial charge in [-0.15, -0.1) is 0 Å². The normalized spacial score (nSPS) is 15.3. The van der Waals surface area contributed by atoms with Crippen LogP contribution >= 0.6 is 11.6 Å². The zero-order valence-electron chi connectivity index (χ0n) is 17.6. The van der Waals surface area contributed by atoms with Gasteiger partial charge in [0.25, 0.3) is 0 Å². The molecular formula is C22H21ClN6O3. The van der Waals surface area contributed by atoms with Crippen LogP contribution in [0.2, 0.25) is 5.02 Å². The molecule has 9 nitrogen and oxygen atoms in total. The number of carbonyl (C=O) groups excluding carboxylic acids is 1. The number of hydrogen-bond acceptors (Lipinski definition) is 7. The number of amides is 1. The van der Waals surface area contributed by atoms with Crippen LogP contribution in [0.25, 0.3) is 10.9 Å². The summed E-state index contributed by atoms with van der Waals surface area (Å²) in [5, 5.41) is 5.70. The van der Waals surface area contributed by atoms with E-state index in [4.69, 9.17) is 31.9 Å². The number of pyridine rings is 2. The van der Waals surface area contributed by atoms with Gasteiger partial charge in [0.2, 0.25) is 17.7 Å². The van der Waals surface area contributed by atoms with Gasteiger partial charge >= 0.3 is 0 Å². The van der Waals surface area contributed by atoms with Gasteiger partial charge in [0.15, 0.2) is 0 Å². The smallest absolute Gasteiger partial charge is 0.246 e. The molecule has 0 spiro atoms. The molecule has 0 aliphatic carbocycles. The van der Waals surface area contributed by atoms with E-state index in [9.17, 15) is 4.79 Å². The number of anilines is 1. The van der Waals surface area contributed by atoms with Crippen molar-refractivity contribution >= 4 is 34.2 Å². The molecule has 0 radical (unpaired) electrons. The predicted octanol–water partition coefficient (Wildman–Crippen LogP) is 2.44. The molecule has 10 heteroatoms. The van der Waals surface area contributed by atoms with Gasteiger partial charge in [0.1, 0.15) is 11.5 Å². The molecule has 0 unspecified atom stereocenters. The Morgan fingerprint density at radius 3 is 2.69 bits per heavy atom. The van der Waals surface area contributed by atoms with E-state index in [0.29, 0.717) is 52.0 Å². The first-order valence-electron chi connectivity index (χ1n) is 9.80. The highest BCUT2D eigenvalue weighted by Gasteiger charge is 2.29. The van der Waals surface area contributed by atoms with Crippen molar-refractivity contribution in [3.8, 4) is 23.6 Å². The van der Waals surface area contributed by atoms with Gasteiger partial charge in [-0.3, -0.25) is 9.48 Å². The Bertz CT molecular complexity index is 1250. The average molecular weight is 453 g/mol. The summed E-state index contributed by atoms with van der Waals surface area (Å²) in [6.45, 7) is 4.66. The van der Waals surface area contributed by atoms with Crippen LogP contribution in [0, 0.1) is 11.8 Å². The maximum atomic E-state index is 12.0. The van der Waals surface area contributed by atoms with Gasteiger partial charge in [-0.2, -0.15) is 10.1 Å². The number of likely N-dealkylation sites (tertiary alicyclic amines) is 1. The van der Waals surface area contributed by atoms with Crippen molar-refractivity contribution in [2.24, 2.45) is 0 Å². The number of nitrogen functional groups attached to an aromatic ring is 1.